The van der Waals surface area contributed by atoms with Gasteiger partial charge in [-0.25, -0.2) is 0 Å². The maximum atomic E-state index is 5.75. The molecule has 30 heavy (non-hydrogen) atoms. The first-order valence-corrected chi connectivity index (χ1v) is 10.4. The number of ether oxygens (including phenoxy) is 3. The zero-order chi connectivity index (χ0) is 21.0. The summed E-state index contributed by atoms with van der Waals surface area (Å²) in [6.45, 7) is 6.47. The fourth-order valence-corrected chi connectivity index (χ4v) is 3.29. The second kappa shape index (κ2) is 12.0. The van der Waals surface area contributed by atoms with Crippen LogP contribution in [0.25, 0.3) is 0 Å². The molecular weight excluding hydrogens is 380 g/mol. The molecule has 0 unspecified atom stereocenters. The van der Waals surface area contributed by atoms with E-state index in [1.54, 1.807) is 14.2 Å². The summed E-state index contributed by atoms with van der Waals surface area (Å²) in [5.74, 6) is 2.39. The second-order valence-electron chi connectivity index (χ2n) is 7.03. The van der Waals surface area contributed by atoms with Crippen molar-refractivity contribution < 1.29 is 14.2 Å². The van der Waals surface area contributed by atoms with Crippen molar-refractivity contribution in [2.75, 3.05) is 53.6 Å². The zero-order valence-electron chi connectivity index (χ0n) is 17.9. The number of hydrogen-bond acceptors (Lipinski definition) is 5. The lowest BCUT2D eigenvalue weighted by molar-refractivity contribution is 0.0341. The highest BCUT2D eigenvalue weighted by molar-refractivity contribution is 5.79. The molecule has 0 amide bonds. The molecule has 7 heteroatoms. The van der Waals surface area contributed by atoms with Crippen molar-refractivity contribution in [1.29, 1.82) is 0 Å². The molecule has 1 heterocycles. The number of nitrogens with one attached hydrogen (secondary N) is 2. The summed E-state index contributed by atoms with van der Waals surface area (Å²) in [5, 5.41) is 6.70. The van der Waals surface area contributed by atoms with E-state index in [9.17, 15) is 0 Å². The topological polar surface area (TPSA) is 67.4 Å². The molecule has 0 bridgehead atoms. The van der Waals surface area contributed by atoms with E-state index in [1.807, 2.05) is 24.3 Å². The van der Waals surface area contributed by atoms with Crippen LogP contribution in [0.5, 0.6) is 11.5 Å². The van der Waals surface area contributed by atoms with Crippen LogP contribution in [-0.2, 0) is 17.8 Å². The minimum absolute atomic E-state index is 0.542. The minimum Gasteiger partial charge on any atom is -0.497 e. The predicted molar refractivity (Wildman–Crippen MR) is 119 cm³/mol. The van der Waals surface area contributed by atoms with E-state index in [0.29, 0.717) is 13.2 Å². The van der Waals surface area contributed by atoms with Crippen molar-refractivity contribution in [3.05, 3.63) is 59.7 Å². The molecule has 0 aliphatic carbocycles. The van der Waals surface area contributed by atoms with Gasteiger partial charge in [-0.15, -0.1) is 0 Å². The molecule has 0 spiro atoms. The molecule has 0 aromatic heterocycles. The summed E-state index contributed by atoms with van der Waals surface area (Å²) in [5.41, 5.74) is 2.62. The van der Waals surface area contributed by atoms with Gasteiger partial charge in [0.2, 0.25) is 0 Å². The van der Waals surface area contributed by atoms with Crippen LogP contribution in [0.2, 0.25) is 0 Å². The van der Waals surface area contributed by atoms with Gasteiger partial charge >= 0.3 is 0 Å². The molecular formula is C23H32N4O3. The molecule has 162 valence electrons. The highest BCUT2D eigenvalue weighted by atomic mass is 16.5. The van der Waals surface area contributed by atoms with Gasteiger partial charge in [-0.1, -0.05) is 24.3 Å². The smallest absolute Gasteiger partial charge is 0.191 e. The van der Waals surface area contributed by atoms with Gasteiger partial charge in [-0.3, -0.25) is 9.89 Å². The van der Waals surface area contributed by atoms with Crippen molar-refractivity contribution in [3.63, 3.8) is 0 Å². The van der Waals surface area contributed by atoms with Crippen LogP contribution >= 0.6 is 0 Å². The minimum atomic E-state index is 0.542. The Labute approximate surface area is 179 Å². The van der Waals surface area contributed by atoms with Crippen LogP contribution in [0, 0.1) is 0 Å². The molecule has 0 atom stereocenters. The van der Waals surface area contributed by atoms with Crippen LogP contribution in [0.4, 0.5) is 0 Å². The summed E-state index contributed by atoms with van der Waals surface area (Å²) in [6.07, 6.45) is 0. The number of nitrogens with zero attached hydrogens (tertiary/aromatic N) is 2. The molecule has 7 nitrogen and oxygen atoms in total. The Bertz CT molecular complexity index is 789. The molecule has 1 saturated heterocycles. The molecule has 1 aliphatic heterocycles. The highest BCUT2D eigenvalue weighted by Crippen LogP contribution is 2.16. The average Bonchev–Trinajstić information content (AvgIpc) is 2.80. The summed E-state index contributed by atoms with van der Waals surface area (Å²) in [6, 6.07) is 16.1. The Hall–Kier alpha value is -2.77. The predicted octanol–water partition coefficient (Wildman–Crippen LogP) is 2.27. The lowest BCUT2D eigenvalue weighted by Gasteiger charge is -2.27. The standard InChI is InChI=1S/C23H32N4O3/c1-24-23(25-11-14-30-22-9-7-21(28-2)8-10-22)26-17-19-5-3-4-6-20(19)18-27-12-15-29-16-13-27/h3-10H,11-18H2,1-2H3,(H2,24,25,26). The van der Waals surface area contributed by atoms with E-state index in [-0.39, 0.29) is 0 Å². The Kier molecular flexibility index (Phi) is 8.80. The van der Waals surface area contributed by atoms with Gasteiger partial charge in [-0.05, 0) is 35.4 Å². The van der Waals surface area contributed by atoms with Gasteiger partial charge in [0.05, 0.1) is 26.9 Å². The molecule has 0 saturated carbocycles. The second-order valence-corrected chi connectivity index (χ2v) is 7.03. The summed E-state index contributed by atoms with van der Waals surface area (Å²) in [7, 11) is 3.43. The fourth-order valence-electron chi connectivity index (χ4n) is 3.29. The SMILES string of the molecule is CN=C(NCCOc1ccc(OC)cc1)NCc1ccccc1CN1CCOCC1. The normalized spacial score (nSPS) is 14.9. The third-order valence-corrected chi connectivity index (χ3v) is 5.01. The van der Waals surface area contributed by atoms with Crippen molar-refractivity contribution in [2.45, 2.75) is 13.1 Å². The van der Waals surface area contributed by atoms with Gasteiger partial charge < -0.3 is 24.8 Å². The number of benzene rings is 2. The first-order valence-electron chi connectivity index (χ1n) is 10.4. The van der Waals surface area contributed by atoms with E-state index < -0.39 is 0 Å². The summed E-state index contributed by atoms with van der Waals surface area (Å²) < 4.78 is 16.4. The van der Waals surface area contributed by atoms with Gasteiger partial charge in [0, 0.05) is 33.2 Å². The lowest BCUT2D eigenvalue weighted by Crippen LogP contribution is -2.39. The van der Waals surface area contributed by atoms with Crippen molar-refractivity contribution in [2.24, 2.45) is 4.99 Å². The molecule has 2 N–H and O–H groups in total. The maximum absolute atomic E-state index is 5.75. The first-order chi connectivity index (χ1) is 14.8. The molecule has 2 aromatic carbocycles. The summed E-state index contributed by atoms with van der Waals surface area (Å²) >= 11 is 0. The lowest BCUT2D eigenvalue weighted by atomic mass is 10.1. The Balaban J connectivity index is 1.42. The quantitative estimate of drug-likeness (QED) is 0.374. The highest BCUT2D eigenvalue weighted by Gasteiger charge is 2.12. The van der Waals surface area contributed by atoms with E-state index in [0.717, 1.165) is 56.9 Å². The number of hydrogen-bond donors (Lipinski definition) is 2. The molecule has 2 aromatic rings. The third kappa shape index (κ3) is 6.93. The van der Waals surface area contributed by atoms with Crippen LogP contribution in [0.1, 0.15) is 11.1 Å². The monoisotopic (exact) mass is 412 g/mol. The molecule has 1 fully saturated rings. The Morgan fingerprint density at radius 2 is 1.70 bits per heavy atom. The van der Waals surface area contributed by atoms with Crippen LogP contribution in [0.15, 0.2) is 53.5 Å². The first kappa shape index (κ1) is 21.9. The molecule has 0 radical (unpaired) electrons. The number of aliphatic imine (C=N–C) groups is 1. The average molecular weight is 413 g/mol. The number of rotatable bonds is 9. The van der Waals surface area contributed by atoms with Crippen molar-refractivity contribution in [1.82, 2.24) is 15.5 Å². The van der Waals surface area contributed by atoms with Crippen molar-refractivity contribution in [3.8, 4) is 11.5 Å². The van der Waals surface area contributed by atoms with Crippen molar-refractivity contribution >= 4 is 5.96 Å². The van der Waals surface area contributed by atoms with Gasteiger partial charge in [-0.2, -0.15) is 0 Å². The molecule has 1 aliphatic rings. The number of methoxy groups -OCH3 is 1. The fraction of sp³-hybridized carbons (Fsp3) is 0.435. The maximum Gasteiger partial charge on any atom is 0.191 e. The van der Waals surface area contributed by atoms with E-state index in [4.69, 9.17) is 14.2 Å². The van der Waals surface area contributed by atoms with Gasteiger partial charge in [0.1, 0.15) is 18.1 Å². The zero-order valence-corrected chi connectivity index (χ0v) is 17.9. The largest absolute Gasteiger partial charge is 0.497 e. The van der Waals surface area contributed by atoms with E-state index in [1.165, 1.54) is 11.1 Å². The Morgan fingerprint density at radius 3 is 2.40 bits per heavy atom. The van der Waals surface area contributed by atoms with Crippen LogP contribution in [0.3, 0.4) is 0 Å². The molecule has 3 rings (SSSR count). The van der Waals surface area contributed by atoms with Gasteiger partial charge in [0.15, 0.2) is 5.96 Å². The van der Waals surface area contributed by atoms with Crippen LogP contribution in [-0.4, -0.2) is 64.5 Å². The van der Waals surface area contributed by atoms with E-state index in [2.05, 4.69) is 44.8 Å². The third-order valence-electron chi connectivity index (χ3n) is 5.01. The number of guanidine groups is 1. The van der Waals surface area contributed by atoms with Crippen LogP contribution < -0.4 is 20.1 Å². The van der Waals surface area contributed by atoms with E-state index >= 15 is 0 Å². The summed E-state index contributed by atoms with van der Waals surface area (Å²) in [4.78, 5) is 6.75. The van der Waals surface area contributed by atoms with Gasteiger partial charge in [0.25, 0.3) is 0 Å². The number of morpholine rings is 1. The Morgan fingerprint density at radius 1 is 1.00 bits per heavy atom.